The minimum absolute atomic E-state index is 0.385. The van der Waals surface area contributed by atoms with Gasteiger partial charge in [0, 0.05) is 5.02 Å². The Morgan fingerprint density at radius 3 is 2.65 bits per heavy atom. The maximum Gasteiger partial charge on any atom is 0.325 e. The Morgan fingerprint density at radius 1 is 1.08 bits per heavy atom. The number of aromatic nitrogens is 2. The average Bonchev–Trinajstić information content (AvgIpc) is 3.08. The summed E-state index contributed by atoms with van der Waals surface area (Å²) in [7, 11) is 1.54. The van der Waals surface area contributed by atoms with Gasteiger partial charge in [-0.05, 0) is 29.8 Å². The van der Waals surface area contributed by atoms with E-state index in [4.69, 9.17) is 16.3 Å². The first-order valence-corrected chi connectivity index (χ1v) is 8.82. The van der Waals surface area contributed by atoms with Crippen molar-refractivity contribution < 1.29 is 9.53 Å². The highest BCUT2D eigenvalue weighted by Crippen LogP contribution is 2.24. The maximum atomic E-state index is 12.1. The molecule has 0 aliphatic heterocycles. The van der Waals surface area contributed by atoms with Gasteiger partial charge in [0.05, 0.1) is 12.8 Å². The summed E-state index contributed by atoms with van der Waals surface area (Å²) in [4.78, 5) is 12.1. The fourth-order valence-corrected chi connectivity index (χ4v) is 2.96. The lowest BCUT2D eigenvalue weighted by atomic mass is 10.2. The molecule has 0 fully saturated rings. The third kappa shape index (κ3) is 4.59. The van der Waals surface area contributed by atoms with E-state index >= 15 is 0 Å². The Kier molecular flexibility index (Phi) is 5.83. The van der Waals surface area contributed by atoms with Crippen molar-refractivity contribution in [1.29, 1.82) is 0 Å². The van der Waals surface area contributed by atoms with Crippen LogP contribution in [0.1, 0.15) is 10.6 Å². The van der Waals surface area contributed by atoms with Gasteiger partial charge in [-0.2, -0.15) is 0 Å². The van der Waals surface area contributed by atoms with Crippen LogP contribution in [0.3, 0.4) is 0 Å². The molecule has 3 rings (SSSR count). The summed E-state index contributed by atoms with van der Waals surface area (Å²) in [6, 6.07) is 14.2. The van der Waals surface area contributed by atoms with E-state index in [1.54, 1.807) is 31.4 Å². The highest BCUT2D eigenvalue weighted by molar-refractivity contribution is 7.16. The standard InChI is InChI=1S/C18H15ClN4O2S/c1-25-15-9-5-4-8-14(15)20-17(24)21-18-23-22-16(26-18)11-10-12-6-2-3-7-13(12)19/h2-11H,1H3,(H2,20,21,23,24)/b11-10+. The normalized spacial score (nSPS) is 10.7. The molecular weight excluding hydrogens is 372 g/mol. The van der Waals surface area contributed by atoms with Crippen LogP contribution >= 0.6 is 22.9 Å². The number of ether oxygens (including phenoxy) is 1. The predicted octanol–water partition coefficient (Wildman–Crippen LogP) is 5.01. The van der Waals surface area contributed by atoms with Crippen molar-refractivity contribution in [1.82, 2.24) is 10.2 Å². The molecule has 0 bridgehead atoms. The average molecular weight is 387 g/mol. The third-order valence-corrected chi connectivity index (χ3v) is 4.48. The lowest BCUT2D eigenvalue weighted by molar-refractivity contribution is 0.262. The third-order valence-electron chi connectivity index (χ3n) is 3.33. The molecule has 3 aromatic rings. The molecule has 26 heavy (non-hydrogen) atoms. The second-order valence-electron chi connectivity index (χ2n) is 5.08. The summed E-state index contributed by atoms with van der Waals surface area (Å²) >= 11 is 7.36. The Hall–Kier alpha value is -2.90. The lowest BCUT2D eigenvalue weighted by Gasteiger charge is -2.09. The highest BCUT2D eigenvalue weighted by Gasteiger charge is 2.09. The first-order valence-electron chi connectivity index (χ1n) is 7.63. The van der Waals surface area contributed by atoms with Crippen molar-refractivity contribution in [2.75, 3.05) is 17.7 Å². The molecule has 0 unspecified atom stereocenters. The quantitative estimate of drug-likeness (QED) is 0.645. The van der Waals surface area contributed by atoms with E-state index in [9.17, 15) is 4.79 Å². The van der Waals surface area contributed by atoms with E-state index in [1.165, 1.54) is 11.3 Å². The van der Waals surface area contributed by atoms with Gasteiger partial charge >= 0.3 is 6.03 Å². The van der Waals surface area contributed by atoms with E-state index in [-0.39, 0.29) is 0 Å². The number of methoxy groups -OCH3 is 1. The van der Waals surface area contributed by atoms with Crippen molar-refractivity contribution >= 4 is 51.9 Å². The lowest BCUT2D eigenvalue weighted by Crippen LogP contribution is -2.19. The molecule has 132 valence electrons. The van der Waals surface area contributed by atoms with Gasteiger partial charge in [-0.15, -0.1) is 10.2 Å². The SMILES string of the molecule is COc1ccccc1NC(=O)Nc1nnc(/C=C/c2ccccc2Cl)s1. The van der Waals surface area contributed by atoms with E-state index in [0.29, 0.717) is 26.6 Å². The second-order valence-corrected chi connectivity index (χ2v) is 6.50. The van der Waals surface area contributed by atoms with Gasteiger partial charge in [-0.3, -0.25) is 5.32 Å². The van der Waals surface area contributed by atoms with Gasteiger partial charge in [0.2, 0.25) is 5.13 Å². The summed E-state index contributed by atoms with van der Waals surface area (Å²) in [5.74, 6) is 0.572. The van der Waals surface area contributed by atoms with E-state index in [0.717, 1.165) is 5.56 Å². The second kappa shape index (κ2) is 8.46. The molecule has 0 aliphatic carbocycles. The number of nitrogens with one attached hydrogen (secondary N) is 2. The molecule has 0 atom stereocenters. The number of hydrogen-bond acceptors (Lipinski definition) is 5. The van der Waals surface area contributed by atoms with Crippen LogP contribution in [-0.2, 0) is 0 Å². The number of halogens is 1. The van der Waals surface area contributed by atoms with Gasteiger partial charge in [0.15, 0.2) is 0 Å². The van der Waals surface area contributed by atoms with Gasteiger partial charge in [0.25, 0.3) is 0 Å². The first-order chi connectivity index (χ1) is 12.7. The Morgan fingerprint density at radius 2 is 1.85 bits per heavy atom. The molecule has 0 aliphatic rings. The molecule has 6 nitrogen and oxygen atoms in total. The zero-order valence-electron chi connectivity index (χ0n) is 13.8. The minimum Gasteiger partial charge on any atom is -0.495 e. The number of urea groups is 1. The van der Waals surface area contributed by atoms with Crippen molar-refractivity contribution in [2.24, 2.45) is 0 Å². The Labute approximate surface area is 159 Å². The van der Waals surface area contributed by atoms with Crippen LogP contribution in [0.4, 0.5) is 15.6 Å². The molecule has 0 spiro atoms. The van der Waals surface area contributed by atoms with Crippen molar-refractivity contribution in [2.45, 2.75) is 0 Å². The number of anilines is 2. The Bertz CT molecular complexity index is 942. The van der Waals surface area contributed by atoms with Crippen molar-refractivity contribution in [3.05, 3.63) is 64.1 Å². The summed E-state index contributed by atoms with van der Waals surface area (Å²) in [5, 5.41) is 15.0. The molecule has 2 amide bonds. The number of carbonyl (C=O) groups is 1. The van der Waals surface area contributed by atoms with Crippen LogP contribution in [0.25, 0.3) is 12.2 Å². The zero-order chi connectivity index (χ0) is 18.4. The summed E-state index contributed by atoms with van der Waals surface area (Å²) < 4.78 is 5.20. The van der Waals surface area contributed by atoms with Crippen LogP contribution < -0.4 is 15.4 Å². The molecular formula is C18H15ClN4O2S. The van der Waals surface area contributed by atoms with Gasteiger partial charge in [0.1, 0.15) is 10.8 Å². The maximum absolute atomic E-state index is 12.1. The topological polar surface area (TPSA) is 76.1 Å². The number of hydrogen-bond donors (Lipinski definition) is 2. The van der Waals surface area contributed by atoms with Crippen LogP contribution in [0.5, 0.6) is 5.75 Å². The summed E-state index contributed by atoms with van der Waals surface area (Å²) in [6.45, 7) is 0. The van der Waals surface area contributed by atoms with Crippen molar-refractivity contribution in [3.63, 3.8) is 0 Å². The zero-order valence-corrected chi connectivity index (χ0v) is 15.3. The molecule has 2 aromatic carbocycles. The van der Waals surface area contributed by atoms with Crippen LogP contribution in [-0.4, -0.2) is 23.3 Å². The summed E-state index contributed by atoms with van der Waals surface area (Å²) in [5.41, 5.74) is 1.45. The monoisotopic (exact) mass is 386 g/mol. The van der Waals surface area contributed by atoms with E-state index in [1.807, 2.05) is 36.4 Å². The van der Waals surface area contributed by atoms with Gasteiger partial charge in [-0.25, -0.2) is 4.79 Å². The number of benzene rings is 2. The molecule has 2 N–H and O–H groups in total. The molecule has 1 aromatic heterocycles. The number of amides is 2. The minimum atomic E-state index is -0.424. The summed E-state index contributed by atoms with van der Waals surface area (Å²) in [6.07, 6.45) is 3.64. The fourth-order valence-electron chi connectivity index (χ4n) is 2.12. The molecule has 8 heteroatoms. The number of para-hydroxylation sites is 2. The first kappa shape index (κ1) is 17.9. The molecule has 0 saturated carbocycles. The molecule has 1 heterocycles. The number of carbonyl (C=O) groups excluding carboxylic acids is 1. The van der Waals surface area contributed by atoms with Crippen LogP contribution in [0.15, 0.2) is 48.5 Å². The number of nitrogens with zero attached hydrogens (tertiary/aromatic N) is 2. The van der Waals surface area contributed by atoms with Crippen LogP contribution in [0.2, 0.25) is 5.02 Å². The molecule has 0 saturated heterocycles. The smallest absolute Gasteiger partial charge is 0.325 e. The number of rotatable bonds is 5. The largest absolute Gasteiger partial charge is 0.495 e. The van der Waals surface area contributed by atoms with E-state index < -0.39 is 6.03 Å². The predicted molar refractivity (Wildman–Crippen MR) is 106 cm³/mol. The van der Waals surface area contributed by atoms with Crippen LogP contribution in [0, 0.1) is 0 Å². The van der Waals surface area contributed by atoms with E-state index in [2.05, 4.69) is 20.8 Å². The van der Waals surface area contributed by atoms with Crippen molar-refractivity contribution in [3.8, 4) is 5.75 Å². The highest BCUT2D eigenvalue weighted by atomic mass is 35.5. The Balaban J connectivity index is 1.63. The molecule has 0 radical (unpaired) electrons. The van der Waals surface area contributed by atoms with Gasteiger partial charge < -0.3 is 10.1 Å². The fraction of sp³-hybridized carbons (Fsp3) is 0.0556. The van der Waals surface area contributed by atoms with Gasteiger partial charge in [-0.1, -0.05) is 59.3 Å².